The zero-order valence-corrected chi connectivity index (χ0v) is 8.35. The van der Waals surface area contributed by atoms with E-state index in [1.165, 1.54) is 5.57 Å². The fourth-order valence-electron chi connectivity index (χ4n) is 0.703. The summed E-state index contributed by atoms with van der Waals surface area (Å²) in [4.78, 5) is 0. The summed E-state index contributed by atoms with van der Waals surface area (Å²) >= 11 is 0. The highest BCUT2D eigenvalue weighted by molar-refractivity contribution is 5.01. The monoisotopic (exact) mass is 156 g/mol. The predicted molar refractivity (Wildman–Crippen MR) is 49.7 cm³/mol. The second-order valence-corrected chi connectivity index (χ2v) is 3.40. The predicted octanol–water partition coefficient (Wildman–Crippen LogP) is 3.01. The molecule has 0 saturated heterocycles. The fraction of sp³-hybridized carbons (Fsp3) is 0.800. The maximum atomic E-state index is 5.59. The highest BCUT2D eigenvalue weighted by Gasteiger charge is 2.03. The van der Waals surface area contributed by atoms with Crippen LogP contribution in [0.2, 0.25) is 0 Å². The van der Waals surface area contributed by atoms with Crippen molar-refractivity contribution in [2.45, 2.75) is 40.7 Å². The molecule has 0 aromatic rings. The zero-order valence-electron chi connectivity index (χ0n) is 8.35. The maximum Gasteiger partial charge on any atom is 0.0754 e. The first-order valence-corrected chi connectivity index (χ1v) is 4.32. The molecule has 0 saturated carbocycles. The van der Waals surface area contributed by atoms with E-state index in [4.69, 9.17) is 4.74 Å². The van der Waals surface area contributed by atoms with Gasteiger partial charge in [0.15, 0.2) is 0 Å². The minimum absolute atomic E-state index is 0.280. The van der Waals surface area contributed by atoms with Gasteiger partial charge < -0.3 is 4.74 Å². The van der Waals surface area contributed by atoms with Crippen LogP contribution in [0.3, 0.4) is 0 Å². The van der Waals surface area contributed by atoms with Crippen LogP contribution in [0.5, 0.6) is 0 Å². The highest BCUT2D eigenvalue weighted by atomic mass is 16.5. The first-order chi connectivity index (χ1) is 5.07. The summed E-state index contributed by atoms with van der Waals surface area (Å²) in [5.74, 6) is 0.627. The number of hydrogen-bond acceptors (Lipinski definition) is 1. The summed E-state index contributed by atoms with van der Waals surface area (Å²) in [6.07, 6.45) is 2.38. The summed E-state index contributed by atoms with van der Waals surface area (Å²) in [6.45, 7) is 11.4. The molecule has 1 heteroatoms. The van der Waals surface area contributed by atoms with E-state index in [2.05, 4.69) is 33.8 Å². The number of allylic oxidation sites excluding steroid dienone is 1. The van der Waals surface area contributed by atoms with Crippen molar-refractivity contribution in [1.29, 1.82) is 0 Å². The summed E-state index contributed by atoms with van der Waals surface area (Å²) in [5.41, 5.74) is 1.31. The zero-order chi connectivity index (χ0) is 8.85. The second kappa shape index (κ2) is 5.36. The van der Waals surface area contributed by atoms with E-state index in [1.807, 2.05) is 6.92 Å². The maximum absolute atomic E-state index is 5.59. The summed E-state index contributed by atoms with van der Waals surface area (Å²) < 4.78 is 5.59. The molecular formula is C10H20O. The Labute approximate surface area is 70.4 Å². The molecule has 0 rings (SSSR count). The average molecular weight is 156 g/mol. The molecule has 0 fully saturated rings. The lowest BCUT2D eigenvalue weighted by Gasteiger charge is -2.14. The molecule has 1 unspecified atom stereocenters. The molecule has 11 heavy (non-hydrogen) atoms. The van der Waals surface area contributed by atoms with Gasteiger partial charge in [-0.3, -0.25) is 0 Å². The van der Waals surface area contributed by atoms with Crippen LogP contribution in [0, 0.1) is 5.92 Å². The molecule has 0 aromatic heterocycles. The number of hydrogen-bond donors (Lipinski definition) is 0. The molecule has 66 valence electrons. The van der Waals surface area contributed by atoms with Gasteiger partial charge >= 0.3 is 0 Å². The summed E-state index contributed by atoms with van der Waals surface area (Å²) in [6, 6.07) is 0. The van der Waals surface area contributed by atoms with Crippen molar-refractivity contribution in [1.82, 2.24) is 0 Å². The number of rotatable bonds is 4. The van der Waals surface area contributed by atoms with Crippen LogP contribution in [-0.2, 0) is 4.74 Å². The van der Waals surface area contributed by atoms with Crippen molar-refractivity contribution in [3.05, 3.63) is 11.6 Å². The topological polar surface area (TPSA) is 9.23 Å². The Kier molecular flexibility index (Phi) is 5.22. The minimum Gasteiger partial charge on any atom is -0.374 e. The lowest BCUT2D eigenvalue weighted by molar-refractivity contribution is 0.0693. The highest BCUT2D eigenvalue weighted by Crippen LogP contribution is 2.06. The third-order valence-electron chi connectivity index (χ3n) is 1.78. The van der Waals surface area contributed by atoms with Gasteiger partial charge in [-0.05, 0) is 32.3 Å². The first kappa shape index (κ1) is 10.7. The molecule has 0 aliphatic rings. The van der Waals surface area contributed by atoms with Crippen LogP contribution in [0.25, 0.3) is 0 Å². The van der Waals surface area contributed by atoms with Gasteiger partial charge in [-0.25, -0.2) is 0 Å². The molecule has 0 aromatic carbocycles. The largest absolute Gasteiger partial charge is 0.374 e. The molecular weight excluding hydrogens is 136 g/mol. The van der Waals surface area contributed by atoms with Gasteiger partial charge in [0.25, 0.3) is 0 Å². The van der Waals surface area contributed by atoms with Crippen molar-refractivity contribution in [3.63, 3.8) is 0 Å². The molecule has 0 bridgehead atoms. The second-order valence-electron chi connectivity index (χ2n) is 3.40. The quantitative estimate of drug-likeness (QED) is 0.568. The van der Waals surface area contributed by atoms with Gasteiger partial charge in [-0.15, -0.1) is 0 Å². The van der Waals surface area contributed by atoms with Crippen molar-refractivity contribution < 1.29 is 4.74 Å². The van der Waals surface area contributed by atoms with Crippen molar-refractivity contribution in [2.24, 2.45) is 5.92 Å². The summed E-state index contributed by atoms with van der Waals surface area (Å²) in [5, 5.41) is 0. The average Bonchev–Trinajstić information content (AvgIpc) is 1.98. The van der Waals surface area contributed by atoms with Gasteiger partial charge in [-0.1, -0.05) is 19.9 Å². The SMILES string of the molecule is CC=C(C)C(C)OCC(C)C. The molecule has 0 radical (unpaired) electrons. The lowest BCUT2D eigenvalue weighted by Crippen LogP contribution is -2.13. The Hall–Kier alpha value is -0.300. The van der Waals surface area contributed by atoms with Crippen LogP contribution in [-0.4, -0.2) is 12.7 Å². The fourth-order valence-corrected chi connectivity index (χ4v) is 0.703. The van der Waals surface area contributed by atoms with Crippen molar-refractivity contribution in [2.75, 3.05) is 6.61 Å². The van der Waals surface area contributed by atoms with E-state index in [1.54, 1.807) is 0 Å². The van der Waals surface area contributed by atoms with E-state index >= 15 is 0 Å². The molecule has 0 aliphatic heterocycles. The van der Waals surface area contributed by atoms with Crippen molar-refractivity contribution in [3.8, 4) is 0 Å². The van der Waals surface area contributed by atoms with Gasteiger partial charge in [0, 0.05) is 6.61 Å². The van der Waals surface area contributed by atoms with Gasteiger partial charge in [0.2, 0.25) is 0 Å². The van der Waals surface area contributed by atoms with E-state index in [0.29, 0.717) is 5.92 Å². The molecule has 1 nitrogen and oxygen atoms in total. The van der Waals surface area contributed by atoms with E-state index < -0.39 is 0 Å². The normalized spacial score (nSPS) is 15.6. The van der Waals surface area contributed by atoms with E-state index in [-0.39, 0.29) is 6.10 Å². The Morgan fingerprint density at radius 3 is 2.27 bits per heavy atom. The molecule has 0 amide bonds. The van der Waals surface area contributed by atoms with E-state index in [0.717, 1.165) is 6.61 Å². The Morgan fingerprint density at radius 1 is 1.36 bits per heavy atom. The third-order valence-corrected chi connectivity index (χ3v) is 1.78. The molecule has 0 spiro atoms. The Balaban J connectivity index is 3.61. The smallest absolute Gasteiger partial charge is 0.0754 e. The standard InChI is InChI=1S/C10H20O/c1-6-9(4)10(5)11-7-8(2)3/h6,8,10H,7H2,1-5H3. The van der Waals surface area contributed by atoms with Crippen molar-refractivity contribution >= 4 is 0 Å². The van der Waals surface area contributed by atoms with Gasteiger partial charge in [-0.2, -0.15) is 0 Å². The van der Waals surface area contributed by atoms with Gasteiger partial charge in [0.05, 0.1) is 6.10 Å². The molecule has 0 heterocycles. The minimum atomic E-state index is 0.280. The molecule has 0 aliphatic carbocycles. The molecule has 0 N–H and O–H groups in total. The first-order valence-electron chi connectivity index (χ1n) is 4.32. The van der Waals surface area contributed by atoms with Crippen LogP contribution >= 0.6 is 0 Å². The lowest BCUT2D eigenvalue weighted by atomic mass is 10.2. The van der Waals surface area contributed by atoms with Crippen LogP contribution in [0.1, 0.15) is 34.6 Å². The molecule has 1 atom stereocenters. The van der Waals surface area contributed by atoms with Crippen LogP contribution in [0.4, 0.5) is 0 Å². The van der Waals surface area contributed by atoms with Crippen LogP contribution in [0.15, 0.2) is 11.6 Å². The van der Waals surface area contributed by atoms with Gasteiger partial charge in [0.1, 0.15) is 0 Å². The Morgan fingerprint density at radius 2 is 1.91 bits per heavy atom. The Bertz CT molecular complexity index is 125. The third kappa shape index (κ3) is 5.02. The number of ether oxygens (including phenoxy) is 1. The summed E-state index contributed by atoms with van der Waals surface area (Å²) in [7, 11) is 0. The van der Waals surface area contributed by atoms with Crippen LogP contribution < -0.4 is 0 Å². The van der Waals surface area contributed by atoms with E-state index in [9.17, 15) is 0 Å².